The summed E-state index contributed by atoms with van der Waals surface area (Å²) in [5.41, 5.74) is 2.30. The molecule has 1 aromatic heterocycles. The lowest BCUT2D eigenvalue weighted by molar-refractivity contribution is -0.131. The van der Waals surface area contributed by atoms with Gasteiger partial charge in [0.15, 0.2) is 15.4 Å². The van der Waals surface area contributed by atoms with E-state index in [1.165, 1.54) is 12.1 Å². The van der Waals surface area contributed by atoms with Crippen LogP contribution in [0, 0.1) is 17.2 Å². The third-order valence-electron chi connectivity index (χ3n) is 7.42. The molecule has 4 aromatic rings. The Labute approximate surface area is 254 Å². The maximum Gasteiger partial charge on any atom is 0.266 e. The Kier molecular flexibility index (Phi) is 9.47. The van der Waals surface area contributed by atoms with Crippen LogP contribution in [-0.4, -0.2) is 61.9 Å². The smallest absolute Gasteiger partial charge is 0.266 e. The van der Waals surface area contributed by atoms with Crippen LogP contribution in [0.5, 0.6) is 0 Å². The predicted octanol–water partition coefficient (Wildman–Crippen LogP) is 2.32. The summed E-state index contributed by atoms with van der Waals surface area (Å²) in [5.74, 6) is -3.71. The number of oxazole rings is 1. The van der Waals surface area contributed by atoms with Crippen molar-refractivity contribution in [2.24, 2.45) is 5.92 Å². The van der Waals surface area contributed by atoms with Gasteiger partial charge in [0.2, 0.25) is 17.6 Å². The van der Waals surface area contributed by atoms with Gasteiger partial charge in [-0.1, -0.05) is 60.7 Å². The van der Waals surface area contributed by atoms with E-state index in [-0.39, 0.29) is 23.4 Å². The van der Waals surface area contributed by atoms with Gasteiger partial charge in [0.05, 0.1) is 35.1 Å². The molecule has 0 unspecified atom stereocenters. The third kappa shape index (κ3) is 7.55. The van der Waals surface area contributed by atoms with Crippen molar-refractivity contribution >= 4 is 38.5 Å². The lowest BCUT2D eigenvalue weighted by Gasteiger charge is -2.29. The minimum Gasteiger partial charge on any atom is -0.434 e. The van der Waals surface area contributed by atoms with Crippen LogP contribution >= 0.6 is 0 Å². The summed E-state index contributed by atoms with van der Waals surface area (Å²) < 4.78 is 32.3. The van der Waals surface area contributed by atoms with E-state index in [1.807, 2.05) is 36.4 Å². The summed E-state index contributed by atoms with van der Waals surface area (Å²) in [6.45, 7) is 0.802. The Bertz CT molecular complexity index is 1780. The first-order valence-corrected chi connectivity index (χ1v) is 16.0. The van der Waals surface area contributed by atoms with Crippen LogP contribution in [0.3, 0.4) is 0 Å². The van der Waals surface area contributed by atoms with Crippen molar-refractivity contribution in [3.63, 3.8) is 0 Å². The molecule has 0 aliphatic carbocycles. The lowest BCUT2D eigenvalue weighted by Crippen LogP contribution is -2.58. The third-order valence-corrected chi connectivity index (χ3v) is 9.01. The quantitative estimate of drug-likeness (QED) is 0.191. The number of carbonyl (C=O) groups excluding carboxylic acids is 3. The van der Waals surface area contributed by atoms with Crippen molar-refractivity contribution in [1.29, 1.82) is 5.26 Å². The summed E-state index contributed by atoms with van der Waals surface area (Å²) in [7, 11) is -4.01. The molecule has 2 heterocycles. The summed E-state index contributed by atoms with van der Waals surface area (Å²) >= 11 is 0. The minimum absolute atomic E-state index is 0.169. The van der Waals surface area contributed by atoms with Crippen molar-refractivity contribution in [1.82, 2.24) is 20.9 Å². The van der Waals surface area contributed by atoms with Gasteiger partial charge in [-0.3, -0.25) is 14.4 Å². The Morgan fingerprint density at radius 2 is 1.66 bits per heavy atom. The molecule has 1 saturated heterocycles. The highest BCUT2D eigenvalue weighted by atomic mass is 32.2. The monoisotopic (exact) mass is 613 g/mol. The van der Waals surface area contributed by atoms with E-state index in [0.29, 0.717) is 30.6 Å². The first-order valence-electron chi connectivity index (χ1n) is 14.2. The first-order chi connectivity index (χ1) is 21.2. The molecule has 44 heavy (non-hydrogen) atoms. The number of aromatic nitrogens is 1. The molecule has 0 spiro atoms. The zero-order valence-corrected chi connectivity index (χ0v) is 24.5. The summed E-state index contributed by atoms with van der Waals surface area (Å²) in [6.07, 6.45) is 0.592. The average molecular weight is 614 g/mol. The number of para-hydroxylation sites is 2. The van der Waals surface area contributed by atoms with Gasteiger partial charge in [0.1, 0.15) is 11.6 Å². The van der Waals surface area contributed by atoms with Crippen LogP contribution in [0.4, 0.5) is 0 Å². The number of ketones is 1. The van der Waals surface area contributed by atoms with E-state index >= 15 is 0 Å². The SMILES string of the molecule is N#Cc1ccccc1CS(=O)(=O)C[C@H](NC(=O)C1CNC1)C(=O)N[C@@H](CCc1ccccc1)C(=O)c1nc2ccccc2o1. The van der Waals surface area contributed by atoms with Crippen molar-refractivity contribution in [2.75, 3.05) is 18.8 Å². The molecule has 0 radical (unpaired) electrons. The highest BCUT2D eigenvalue weighted by molar-refractivity contribution is 7.90. The number of hydrogen-bond donors (Lipinski definition) is 3. The molecule has 1 aliphatic rings. The normalized spacial score (nSPS) is 14.6. The number of sulfone groups is 1. The number of Topliss-reactive ketones (excluding diaryl/α,β-unsaturated/α-hetero) is 1. The van der Waals surface area contributed by atoms with Crippen molar-refractivity contribution in [2.45, 2.75) is 30.7 Å². The van der Waals surface area contributed by atoms with Crippen molar-refractivity contribution in [3.05, 3.63) is 101 Å². The molecule has 226 valence electrons. The molecule has 3 aromatic carbocycles. The Hall–Kier alpha value is -4.86. The number of nitrogens with one attached hydrogen (secondary N) is 3. The fraction of sp³-hybridized carbons (Fsp3) is 0.281. The highest BCUT2D eigenvalue weighted by Gasteiger charge is 2.35. The number of nitrogens with zero attached hydrogens (tertiary/aromatic N) is 2. The standard InChI is InChI=1S/C32H31N5O6S/c33-16-22-10-4-5-11-23(22)19-44(41,42)20-27(36-30(39)24-17-34-18-24)31(40)35-26(15-14-21-8-2-1-3-9-21)29(38)32-37-25-12-6-7-13-28(25)43-32/h1-13,24,26-27,34H,14-15,17-20H2,(H,35,40)(H,36,39)/t26-,27-/m0/s1. The Morgan fingerprint density at radius 1 is 0.955 bits per heavy atom. The number of fused-ring (bicyclic) bond motifs is 1. The van der Waals surface area contributed by atoms with Crippen molar-refractivity contribution in [3.8, 4) is 6.07 Å². The van der Waals surface area contributed by atoms with Gasteiger partial charge in [-0.15, -0.1) is 0 Å². The van der Waals surface area contributed by atoms with Crippen LogP contribution in [0.25, 0.3) is 11.1 Å². The van der Waals surface area contributed by atoms with E-state index < -0.39 is 56.9 Å². The van der Waals surface area contributed by atoms with E-state index in [0.717, 1.165) is 5.56 Å². The largest absolute Gasteiger partial charge is 0.434 e. The minimum atomic E-state index is -4.01. The van der Waals surface area contributed by atoms with Gasteiger partial charge in [-0.2, -0.15) is 5.26 Å². The number of benzene rings is 3. The fourth-order valence-corrected chi connectivity index (χ4v) is 6.46. The molecule has 5 rings (SSSR count). The van der Waals surface area contributed by atoms with Gasteiger partial charge in [-0.05, 0) is 42.2 Å². The molecule has 1 aliphatic heterocycles. The predicted molar refractivity (Wildman–Crippen MR) is 162 cm³/mol. The van der Waals surface area contributed by atoms with Crippen LogP contribution in [-0.2, 0) is 31.6 Å². The van der Waals surface area contributed by atoms with E-state index in [4.69, 9.17) is 4.42 Å². The zero-order chi connectivity index (χ0) is 31.1. The molecule has 1 fully saturated rings. The Balaban J connectivity index is 1.39. The fourth-order valence-electron chi connectivity index (χ4n) is 4.88. The molecule has 12 heteroatoms. The number of rotatable bonds is 13. The maximum atomic E-state index is 13.7. The van der Waals surface area contributed by atoms with E-state index in [9.17, 15) is 28.1 Å². The molecule has 0 bridgehead atoms. The second kappa shape index (κ2) is 13.6. The van der Waals surface area contributed by atoms with Crippen molar-refractivity contribution < 1.29 is 27.2 Å². The summed E-state index contributed by atoms with van der Waals surface area (Å²) in [6, 6.07) is 21.9. The Morgan fingerprint density at radius 3 is 2.36 bits per heavy atom. The number of aryl methyl sites for hydroxylation is 1. The van der Waals surface area contributed by atoms with Gasteiger partial charge >= 0.3 is 0 Å². The van der Waals surface area contributed by atoms with Gasteiger partial charge in [0, 0.05) is 13.1 Å². The first kappa shape index (κ1) is 30.6. The second-order valence-electron chi connectivity index (χ2n) is 10.7. The topological polar surface area (TPSA) is 171 Å². The summed E-state index contributed by atoms with van der Waals surface area (Å²) in [4.78, 5) is 44.6. The van der Waals surface area contributed by atoms with Gasteiger partial charge in [-0.25, -0.2) is 13.4 Å². The second-order valence-corrected chi connectivity index (χ2v) is 12.8. The number of carbonyl (C=O) groups is 3. The number of amides is 2. The average Bonchev–Trinajstić information content (AvgIpc) is 3.42. The van der Waals surface area contributed by atoms with Crippen LogP contribution < -0.4 is 16.0 Å². The molecule has 2 atom stereocenters. The number of nitriles is 1. The van der Waals surface area contributed by atoms with Crippen LogP contribution in [0.15, 0.2) is 83.3 Å². The van der Waals surface area contributed by atoms with E-state index in [1.54, 1.807) is 36.4 Å². The zero-order valence-electron chi connectivity index (χ0n) is 23.7. The van der Waals surface area contributed by atoms with Gasteiger partial charge in [0.25, 0.3) is 5.89 Å². The molecular weight excluding hydrogens is 582 g/mol. The van der Waals surface area contributed by atoms with E-state index in [2.05, 4.69) is 20.9 Å². The molecule has 2 amide bonds. The van der Waals surface area contributed by atoms with Crippen LogP contribution in [0.2, 0.25) is 0 Å². The molecule has 11 nitrogen and oxygen atoms in total. The molecule has 0 saturated carbocycles. The van der Waals surface area contributed by atoms with Crippen LogP contribution in [0.1, 0.15) is 33.8 Å². The number of hydrogen-bond acceptors (Lipinski definition) is 9. The van der Waals surface area contributed by atoms with Gasteiger partial charge < -0.3 is 20.4 Å². The molecular formula is C32H31N5O6S. The lowest BCUT2D eigenvalue weighted by atomic mass is 10.0. The molecule has 3 N–H and O–H groups in total. The maximum absolute atomic E-state index is 13.7. The highest BCUT2D eigenvalue weighted by Crippen LogP contribution is 2.18. The summed E-state index contributed by atoms with van der Waals surface area (Å²) in [5, 5.41) is 17.6.